The highest BCUT2D eigenvalue weighted by atomic mass is 35.5. The van der Waals surface area contributed by atoms with Crippen LogP contribution in [0.1, 0.15) is 37.6 Å². The standard InChI is InChI=1S/C24H25ClFN3O4/c1-3-31-20-8-5-15(11-21(20)32-4-2)9-10-29-14-17(13-22(29)30)24-27-23(28-33-24)16-6-7-18(25)19(26)12-16/h5-8,11-12,17H,3-4,9-10,13-14H2,1-2H3. The summed E-state index contributed by atoms with van der Waals surface area (Å²) in [7, 11) is 0. The number of rotatable bonds is 9. The van der Waals surface area contributed by atoms with Crippen LogP contribution in [-0.2, 0) is 11.2 Å². The molecular weight excluding hydrogens is 449 g/mol. The maximum atomic E-state index is 13.7. The minimum atomic E-state index is -0.551. The molecule has 33 heavy (non-hydrogen) atoms. The van der Waals surface area contributed by atoms with Crippen LogP contribution in [0, 0.1) is 5.82 Å². The first-order valence-electron chi connectivity index (χ1n) is 10.9. The third kappa shape index (κ3) is 5.27. The SMILES string of the molecule is CCOc1ccc(CCN2CC(c3nc(-c4ccc(Cl)c(F)c4)no3)CC2=O)cc1OCC. The Morgan fingerprint density at radius 3 is 2.70 bits per heavy atom. The van der Waals surface area contributed by atoms with Crippen LogP contribution in [0.2, 0.25) is 5.02 Å². The van der Waals surface area contributed by atoms with E-state index in [1.807, 2.05) is 32.0 Å². The van der Waals surface area contributed by atoms with Crippen molar-refractivity contribution in [2.45, 2.75) is 32.6 Å². The van der Waals surface area contributed by atoms with Crippen LogP contribution < -0.4 is 9.47 Å². The Kier molecular flexibility index (Phi) is 7.13. The van der Waals surface area contributed by atoms with Crippen LogP contribution in [0.4, 0.5) is 4.39 Å². The molecule has 0 spiro atoms. The summed E-state index contributed by atoms with van der Waals surface area (Å²) in [5.74, 6) is 1.35. The molecule has 1 amide bonds. The average Bonchev–Trinajstić information content (AvgIpc) is 3.43. The van der Waals surface area contributed by atoms with Crippen LogP contribution in [0.5, 0.6) is 11.5 Å². The molecular formula is C24H25ClFN3O4. The molecule has 2 aromatic carbocycles. The lowest BCUT2D eigenvalue weighted by Gasteiger charge is -2.17. The number of halogens is 2. The fourth-order valence-electron chi connectivity index (χ4n) is 3.82. The summed E-state index contributed by atoms with van der Waals surface area (Å²) in [6, 6.07) is 10.2. The molecule has 1 aliphatic rings. The van der Waals surface area contributed by atoms with Crippen molar-refractivity contribution in [1.29, 1.82) is 0 Å². The summed E-state index contributed by atoms with van der Waals surface area (Å²) in [5.41, 5.74) is 1.52. The number of hydrogen-bond acceptors (Lipinski definition) is 6. The second kappa shape index (κ2) is 10.2. The van der Waals surface area contributed by atoms with Gasteiger partial charge in [-0.1, -0.05) is 22.8 Å². The van der Waals surface area contributed by atoms with Gasteiger partial charge in [0.2, 0.25) is 17.6 Å². The first kappa shape index (κ1) is 23.0. The van der Waals surface area contributed by atoms with E-state index < -0.39 is 5.82 Å². The van der Waals surface area contributed by atoms with Gasteiger partial charge in [-0.15, -0.1) is 0 Å². The largest absolute Gasteiger partial charge is 0.490 e. The lowest BCUT2D eigenvalue weighted by molar-refractivity contribution is -0.127. The molecule has 0 radical (unpaired) electrons. The number of benzene rings is 2. The van der Waals surface area contributed by atoms with Gasteiger partial charge < -0.3 is 18.9 Å². The van der Waals surface area contributed by atoms with E-state index in [0.717, 1.165) is 5.56 Å². The van der Waals surface area contributed by atoms with Crippen LogP contribution in [0.25, 0.3) is 11.4 Å². The summed E-state index contributed by atoms with van der Waals surface area (Å²) in [6.45, 7) is 6.03. The first-order chi connectivity index (χ1) is 16.0. The summed E-state index contributed by atoms with van der Waals surface area (Å²) in [6.07, 6.45) is 0.980. The topological polar surface area (TPSA) is 77.7 Å². The van der Waals surface area contributed by atoms with Crippen molar-refractivity contribution in [1.82, 2.24) is 15.0 Å². The Hall–Kier alpha value is -3.13. The lowest BCUT2D eigenvalue weighted by atomic mass is 10.1. The normalized spacial score (nSPS) is 15.8. The number of amides is 1. The van der Waals surface area contributed by atoms with E-state index in [1.165, 1.54) is 12.1 Å². The molecule has 0 aliphatic carbocycles. The highest BCUT2D eigenvalue weighted by molar-refractivity contribution is 6.30. The fourth-order valence-corrected chi connectivity index (χ4v) is 3.94. The third-order valence-electron chi connectivity index (χ3n) is 5.46. The van der Waals surface area contributed by atoms with Gasteiger partial charge in [-0.2, -0.15) is 4.98 Å². The molecule has 7 nitrogen and oxygen atoms in total. The zero-order valence-electron chi connectivity index (χ0n) is 18.5. The van der Waals surface area contributed by atoms with E-state index in [0.29, 0.717) is 62.1 Å². The van der Waals surface area contributed by atoms with Crippen LogP contribution in [0.15, 0.2) is 40.9 Å². The van der Waals surface area contributed by atoms with Gasteiger partial charge in [0, 0.05) is 25.1 Å². The van der Waals surface area contributed by atoms with E-state index in [1.54, 1.807) is 11.0 Å². The molecule has 1 fully saturated rings. The summed E-state index contributed by atoms with van der Waals surface area (Å²) in [5, 5.41) is 3.97. The van der Waals surface area contributed by atoms with Gasteiger partial charge in [0.05, 0.1) is 24.2 Å². The van der Waals surface area contributed by atoms with Gasteiger partial charge in [-0.3, -0.25) is 4.79 Å². The average molecular weight is 474 g/mol. The third-order valence-corrected chi connectivity index (χ3v) is 5.77. The molecule has 0 saturated carbocycles. The van der Waals surface area contributed by atoms with Gasteiger partial charge in [0.15, 0.2) is 11.5 Å². The number of nitrogens with zero attached hydrogens (tertiary/aromatic N) is 3. The Morgan fingerprint density at radius 1 is 1.15 bits per heavy atom. The predicted octanol–water partition coefficient (Wildman–Crippen LogP) is 4.89. The van der Waals surface area contributed by atoms with Crippen molar-refractivity contribution in [3.8, 4) is 22.9 Å². The number of carbonyl (C=O) groups excluding carboxylic acids is 1. The molecule has 174 valence electrons. The van der Waals surface area contributed by atoms with E-state index in [4.69, 9.17) is 25.6 Å². The zero-order chi connectivity index (χ0) is 23.4. The highest BCUT2D eigenvalue weighted by Crippen LogP contribution is 2.31. The van der Waals surface area contributed by atoms with Crippen molar-refractivity contribution in [2.24, 2.45) is 0 Å². The molecule has 3 aromatic rings. The molecule has 1 aromatic heterocycles. The zero-order valence-corrected chi connectivity index (χ0v) is 19.3. The number of hydrogen-bond donors (Lipinski definition) is 0. The van der Waals surface area contributed by atoms with Gasteiger partial charge in [-0.25, -0.2) is 4.39 Å². The van der Waals surface area contributed by atoms with Gasteiger partial charge in [-0.05, 0) is 56.2 Å². The van der Waals surface area contributed by atoms with Gasteiger partial charge in [0.1, 0.15) is 5.82 Å². The fraction of sp³-hybridized carbons (Fsp3) is 0.375. The Balaban J connectivity index is 1.39. The summed E-state index contributed by atoms with van der Waals surface area (Å²) in [4.78, 5) is 18.8. The van der Waals surface area contributed by atoms with Crippen molar-refractivity contribution in [2.75, 3.05) is 26.3 Å². The number of carbonyl (C=O) groups is 1. The van der Waals surface area contributed by atoms with Crippen LogP contribution in [-0.4, -0.2) is 47.3 Å². The van der Waals surface area contributed by atoms with Crippen molar-refractivity contribution in [3.63, 3.8) is 0 Å². The maximum Gasteiger partial charge on any atom is 0.232 e. The number of likely N-dealkylation sites (tertiary alicyclic amines) is 1. The molecule has 0 bridgehead atoms. The number of aromatic nitrogens is 2. The smallest absolute Gasteiger partial charge is 0.232 e. The Morgan fingerprint density at radius 2 is 1.94 bits per heavy atom. The Bertz CT molecular complexity index is 1140. The minimum absolute atomic E-state index is 0.0282. The van der Waals surface area contributed by atoms with Crippen molar-refractivity contribution >= 4 is 17.5 Å². The van der Waals surface area contributed by atoms with E-state index in [-0.39, 0.29) is 22.7 Å². The Labute approximate surface area is 196 Å². The quantitative estimate of drug-likeness (QED) is 0.440. The second-order valence-electron chi connectivity index (χ2n) is 7.72. The molecule has 4 rings (SSSR count). The molecule has 1 saturated heterocycles. The molecule has 1 atom stereocenters. The molecule has 2 heterocycles. The summed E-state index contributed by atoms with van der Waals surface area (Å²) < 4.78 is 30.4. The van der Waals surface area contributed by atoms with Crippen LogP contribution >= 0.6 is 11.6 Å². The monoisotopic (exact) mass is 473 g/mol. The second-order valence-corrected chi connectivity index (χ2v) is 8.13. The van der Waals surface area contributed by atoms with Crippen molar-refractivity contribution in [3.05, 3.63) is 58.7 Å². The van der Waals surface area contributed by atoms with Gasteiger partial charge in [0.25, 0.3) is 0 Å². The van der Waals surface area contributed by atoms with E-state index in [2.05, 4.69) is 10.1 Å². The molecule has 0 N–H and O–H groups in total. The summed E-state index contributed by atoms with van der Waals surface area (Å²) >= 11 is 5.73. The predicted molar refractivity (Wildman–Crippen MR) is 121 cm³/mol. The molecule has 1 unspecified atom stereocenters. The van der Waals surface area contributed by atoms with E-state index >= 15 is 0 Å². The van der Waals surface area contributed by atoms with Crippen molar-refractivity contribution < 1.29 is 23.2 Å². The minimum Gasteiger partial charge on any atom is -0.490 e. The van der Waals surface area contributed by atoms with Gasteiger partial charge >= 0.3 is 0 Å². The first-order valence-corrected chi connectivity index (χ1v) is 11.3. The molecule has 9 heteroatoms. The number of ether oxygens (including phenoxy) is 2. The van der Waals surface area contributed by atoms with E-state index in [9.17, 15) is 9.18 Å². The maximum absolute atomic E-state index is 13.7. The highest BCUT2D eigenvalue weighted by Gasteiger charge is 2.34. The molecule has 1 aliphatic heterocycles. The lowest BCUT2D eigenvalue weighted by Crippen LogP contribution is -2.27. The van der Waals surface area contributed by atoms with Crippen LogP contribution in [0.3, 0.4) is 0 Å².